The molecule has 2 nitrogen and oxygen atoms in total. The highest BCUT2D eigenvalue weighted by Gasteiger charge is 2.35. The molecule has 100 valence electrons. The lowest BCUT2D eigenvalue weighted by Crippen LogP contribution is -2.33. The highest BCUT2D eigenvalue weighted by Crippen LogP contribution is 2.32. The molecule has 1 unspecified atom stereocenters. The number of hydrogen-bond acceptors (Lipinski definition) is 1. The summed E-state index contributed by atoms with van der Waals surface area (Å²) in [5.74, 6) is -1.88. The van der Waals surface area contributed by atoms with Gasteiger partial charge in [-0.3, -0.25) is 4.79 Å². The van der Waals surface area contributed by atoms with Crippen molar-refractivity contribution < 1.29 is 22.4 Å². The lowest BCUT2D eigenvalue weighted by Gasteiger charge is -2.15. The van der Waals surface area contributed by atoms with Crippen LogP contribution in [0.3, 0.4) is 0 Å². The molecule has 1 rings (SSSR count). The van der Waals surface area contributed by atoms with E-state index in [1.54, 1.807) is 13.8 Å². The zero-order chi connectivity index (χ0) is 13.9. The molecule has 1 N–H and O–H groups in total. The number of benzene rings is 1. The second kappa shape index (κ2) is 5.37. The number of alkyl halides is 3. The smallest absolute Gasteiger partial charge is 0.350 e. The predicted octanol–water partition coefficient (Wildman–Crippen LogP) is 3.37. The molecule has 0 aliphatic carbocycles. The Bertz CT molecular complexity index is 442. The number of carbonyl (C=O) groups excluding carboxylic acids is 1. The summed E-state index contributed by atoms with van der Waals surface area (Å²) in [5, 5.41) is 2.42. The molecule has 0 bridgehead atoms. The number of carbonyl (C=O) groups is 1. The zero-order valence-electron chi connectivity index (χ0n) is 9.94. The van der Waals surface area contributed by atoms with Gasteiger partial charge in [0.15, 0.2) is 0 Å². The minimum atomic E-state index is -4.76. The zero-order valence-corrected chi connectivity index (χ0v) is 9.94. The Hall–Kier alpha value is -1.59. The first kappa shape index (κ1) is 14.5. The van der Waals surface area contributed by atoms with Gasteiger partial charge >= 0.3 is 6.18 Å². The van der Waals surface area contributed by atoms with Crippen molar-refractivity contribution in [2.45, 2.75) is 32.5 Å². The monoisotopic (exact) mass is 263 g/mol. The van der Waals surface area contributed by atoms with Crippen molar-refractivity contribution in [1.29, 1.82) is 0 Å². The Morgan fingerprint density at radius 2 is 2.00 bits per heavy atom. The third-order valence-electron chi connectivity index (χ3n) is 2.52. The molecule has 0 radical (unpaired) electrons. The number of amides is 1. The summed E-state index contributed by atoms with van der Waals surface area (Å²) in [6.45, 7) is 3.47. The summed E-state index contributed by atoms with van der Waals surface area (Å²) in [6, 6.07) is 1.76. The van der Waals surface area contributed by atoms with Crippen LogP contribution < -0.4 is 5.32 Å². The Kier molecular flexibility index (Phi) is 4.32. The first-order valence-corrected chi connectivity index (χ1v) is 5.43. The Labute approximate surface area is 102 Å². The van der Waals surface area contributed by atoms with Gasteiger partial charge in [-0.2, -0.15) is 13.2 Å². The minimum Gasteiger partial charge on any atom is -0.350 e. The fraction of sp³-hybridized carbons (Fsp3) is 0.417. The van der Waals surface area contributed by atoms with Crippen LogP contribution in [0, 0.1) is 5.82 Å². The van der Waals surface area contributed by atoms with Gasteiger partial charge in [-0.05, 0) is 31.5 Å². The maximum atomic E-state index is 12.8. The SMILES string of the molecule is CCC(C)NC(=O)c1ccc(F)cc1C(F)(F)F. The first-order valence-electron chi connectivity index (χ1n) is 5.43. The van der Waals surface area contributed by atoms with Gasteiger partial charge in [0, 0.05) is 6.04 Å². The summed E-state index contributed by atoms with van der Waals surface area (Å²) in [7, 11) is 0. The third-order valence-corrected chi connectivity index (χ3v) is 2.52. The van der Waals surface area contributed by atoms with E-state index in [2.05, 4.69) is 5.32 Å². The van der Waals surface area contributed by atoms with Crippen LogP contribution in [0.15, 0.2) is 18.2 Å². The van der Waals surface area contributed by atoms with Crippen molar-refractivity contribution in [2.24, 2.45) is 0 Å². The Morgan fingerprint density at radius 1 is 1.39 bits per heavy atom. The van der Waals surface area contributed by atoms with Gasteiger partial charge in [-0.15, -0.1) is 0 Å². The van der Waals surface area contributed by atoms with E-state index in [0.717, 1.165) is 12.1 Å². The molecule has 0 fully saturated rings. The van der Waals surface area contributed by atoms with E-state index < -0.39 is 29.0 Å². The molecular formula is C12H13F4NO. The molecule has 1 atom stereocenters. The maximum Gasteiger partial charge on any atom is 0.417 e. The number of rotatable bonds is 3. The number of nitrogens with one attached hydrogen (secondary N) is 1. The van der Waals surface area contributed by atoms with Gasteiger partial charge in [-0.1, -0.05) is 6.92 Å². The molecule has 0 spiro atoms. The summed E-state index contributed by atoms with van der Waals surface area (Å²) in [4.78, 5) is 11.7. The molecule has 1 aromatic carbocycles. The molecule has 0 aliphatic heterocycles. The topological polar surface area (TPSA) is 29.1 Å². The van der Waals surface area contributed by atoms with Gasteiger partial charge < -0.3 is 5.32 Å². The minimum absolute atomic E-state index is 0.247. The molecule has 1 aromatic rings. The summed E-state index contributed by atoms with van der Waals surface area (Å²) in [5.41, 5.74) is -1.83. The van der Waals surface area contributed by atoms with Crippen LogP contribution in [0.5, 0.6) is 0 Å². The van der Waals surface area contributed by atoms with Crippen LogP contribution in [0.25, 0.3) is 0 Å². The number of hydrogen-bond donors (Lipinski definition) is 1. The van der Waals surface area contributed by atoms with Crippen molar-refractivity contribution in [1.82, 2.24) is 5.32 Å². The summed E-state index contributed by atoms with van der Waals surface area (Å²) >= 11 is 0. The van der Waals surface area contributed by atoms with Crippen molar-refractivity contribution >= 4 is 5.91 Å². The second-order valence-electron chi connectivity index (χ2n) is 3.97. The van der Waals surface area contributed by atoms with Crippen molar-refractivity contribution in [3.8, 4) is 0 Å². The molecule has 1 amide bonds. The normalized spacial score (nSPS) is 13.2. The number of halogens is 4. The lowest BCUT2D eigenvalue weighted by molar-refractivity contribution is -0.138. The third kappa shape index (κ3) is 3.45. The standard InChI is InChI=1S/C12H13F4NO/c1-3-7(2)17-11(18)9-5-4-8(13)6-10(9)12(14,15)16/h4-7H,3H2,1-2H3,(H,17,18). The first-order chi connectivity index (χ1) is 8.25. The van der Waals surface area contributed by atoms with E-state index in [1.165, 1.54) is 0 Å². The highest BCUT2D eigenvalue weighted by molar-refractivity contribution is 5.96. The average molecular weight is 263 g/mol. The quantitative estimate of drug-likeness (QED) is 0.832. The van der Waals surface area contributed by atoms with Crippen molar-refractivity contribution in [2.75, 3.05) is 0 Å². The Morgan fingerprint density at radius 3 is 2.50 bits per heavy atom. The summed E-state index contributed by atoms with van der Waals surface area (Å²) in [6.07, 6.45) is -4.17. The van der Waals surface area contributed by atoms with Crippen LogP contribution >= 0.6 is 0 Å². The average Bonchev–Trinajstić information content (AvgIpc) is 2.27. The van der Waals surface area contributed by atoms with E-state index in [1.807, 2.05) is 0 Å². The van der Waals surface area contributed by atoms with E-state index in [9.17, 15) is 22.4 Å². The van der Waals surface area contributed by atoms with Crippen molar-refractivity contribution in [3.05, 3.63) is 35.1 Å². The van der Waals surface area contributed by atoms with Gasteiger partial charge in [0.25, 0.3) is 5.91 Å². The van der Waals surface area contributed by atoms with Crippen molar-refractivity contribution in [3.63, 3.8) is 0 Å². The lowest BCUT2D eigenvalue weighted by atomic mass is 10.1. The van der Waals surface area contributed by atoms with E-state index in [0.29, 0.717) is 12.5 Å². The predicted molar refractivity (Wildman–Crippen MR) is 58.6 cm³/mol. The van der Waals surface area contributed by atoms with Crippen LogP contribution in [0.1, 0.15) is 36.2 Å². The molecule has 0 saturated heterocycles. The molecule has 0 heterocycles. The Balaban J connectivity index is 3.12. The maximum absolute atomic E-state index is 12.8. The van der Waals surface area contributed by atoms with Gasteiger partial charge in [0.05, 0.1) is 11.1 Å². The highest BCUT2D eigenvalue weighted by atomic mass is 19.4. The van der Waals surface area contributed by atoms with Crippen LogP contribution in [-0.4, -0.2) is 11.9 Å². The fourth-order valence-corrected chi connectivity index (χ4v) is 1.35. The van der Waals surface area contributed by atoms with Crippen LogP contribution in [0.4, 0.5) is 17.6 Å². The second-order valence-corrected chi connectivity index (χ2v) is 3.97. The molecule has 0 saturated carbocycles. The van der Waals surface area contributed by atoms with E-state index in [-0.39, 0.29) is 6.04 Å². The van der Waals surface area contributed by atoms with Gasteiger partial charge in [0.1, 0.15) is 5.82 Å². The van der Waals surface area contributed by atoms with Crippen LogP contribution in [-0.2, 0) is 6.18 Å². The van der Waals surface area contributed by atoms with E-state index in [4.69, 9.17) is 0 Å². The van der Waals surface area contributed by atoms with Gasteiger partial charge in [-0.25, -0.2) is 4.39 Å². The molecule has 0 aliphatic rings. The van der Waals surface area contributed by atoms with Crippen LogP contribution in [0.2, 0.25) is 0 Å². The molecule has 0 aromatic heterocycles. The fourth-order valence-electron chi connectivity index (χ4n) is 1.35. The largest absolute Gasteiger partial charge is 0.417 e. The molecule has 6 heteroatoms. The molecular weight excluding hydrogens is 250 g/mol. The van der Waals surface area contributed by atoms with E-state index >= 15 is 0 Å². The molecule has 18 heavy (non-hydrogen) atoms. The summed E-state index contributed by atoms with van der Waals surface area (Å²) < 4.78 is 50.8. The van der Waals surface area contributed by atoms with Gasteiger partial charge in [0.2, 0.25) is 0 Å².